The molecule has 0 aromatic heterocycles. The first-order valence-electron chi connectivity index (χ1n) is 8.70. The van der Waals surface area contributed by atoms with Crippen LogP contribution in [0.3, 0.4) is 0 Å². The van der Waals surface area contributed by atoms with E-state index < -0.39 is 0 Å². The number of amides is 2. The fourth-order valence-corrected chi connectivity index (χ4v) is 3.04. The summed E-state index contributed by atoms with van der Waals surface area (Å²) in [6.07, 6.45) is 0.169. The Morgan fingerprint density at radius 2 is 1.85 bits per heavy atom. The molecule has 0 fully saturated rings. The number of aryl methyl sites for hydroxylation is 1. The summed E-state index contributed by atoms with van der Waals surface area (Å²) in [5.74, 6) is 0.417. The van der Waals surface area contributed by atoms with Gasteiger partial charge in [-0.05, 0) is 30.7 Å². The quantitative estimate of drug-likeness (QED) is 0.782. The van der Waals surface area contributed by atoms with Gasteiger partial charge in [0.15, 0.2) is 0 Å². The number of ether oxygens (including phenoxy) is 1. The second-order valence-electron chi connectivity index (χ2n) is 6.57. The van der Waals surface area contributed by atoms with Gasteiger partial charge in [-0.15, -0.1) is 0 Å². The third kappa shape index (κ3) is 6.00. The molecular weight excluding hydrogens is 364 g/mol. The van der Waals surface area contributed by atoms with Gasteiger partial charge >= 0.3 is 0 Å². The molecule has 0 aliphatic heterocycles. The Hall–Kier alpha value is -2.53. The SMILES string of the molecule is COc1ccc(Cl)cc1CN(C)C(=O)CC(NC(C)=O)c1ccc(C)cc1. The predicted octanol–water partition coefficient (Wildman–Crippen LogP) is 3.88. The van der Waals surface area contributed by atoms with Crippen LogP contribution in [0.4, 0.5) is 0 Å². The average molecular weight is 389 g/mol. The minimum Gasteiger partial charge on any atom is -0.496 e. The summed E-state index contributed by atoms with van der Waals surface area (Å²) in [4.78, 5) is 26.0. The lowest BCUT2D eigenvalue weighted by Gasteiger charge is -2.23. The van der Waals surface area contributed by atoms with Crippen molar-refractivity contribution in [1.29, 1.82) is 0 Å². The maximum atomic E-state index is 12.8. The Morgan fingerprint density at radius 1 is 1.19 bits per heavy atom. The number of carbonyl (C=O) groups is 2. The van der Waals surface area contributed by atoms with Crippen LogP contribution in [0.15, 0.2) is 42.5 Å². The summed E-state index contributed by atoms with van der Waals surface area (Å²) in [7, 11) is 3.31. The summed E-state index contributed by atoms with van der Waals surface area (Å²) in [6, 6.07) is 12.7. The van der Waals surface area contributed by atoms with Crippen LogP contribution in [-0.4, -0.2) is 30.9 Å². The van der Waals surface area contributed by atoms with E-state index in [-0.39, 0.29) is 24.3 Å². The summed E-state index contributed by atoms with van der Waals surface area (Å²) in [5.41, 5.74) is 2.85. The Morgan fingerprint density at radius 3 is 2.44 bits per heavy atom. The largest absolute Gasteiger partial charge is 0.496 e. The molecule has 2 aromatic rings. The highest BCUT2D eigenvalue weighted by Crippen LogP contribution is 2.25. The van der Waals surface area contributed by atoms with Gasteiger partial charge in [0.2, 0.25) is 11.8 Å². The van der Waals surface area contributed by atoms with E-state index in [4.69, 9.17) is 16.3 Å². The zero-order valence-electron chi connectivity index (χ0n) is 16.1. The predicted molar refractivity (Wildman–Crippen MR) is 107 cm³/mol. The molecule has 144 valence electrons. The molecule has 2 aromatic carbocycles. The van der Waals surface area contributed by atoms with Crippen molar-refractivity contribution in [3.63, 3.8) is 0 Å². The van der Waals surface area contributed by atoms with Crippen molar-refractivity contribution in [1.82, 2.24) is 10.2 Å². The molecule has 1 unspecified atom stereocenters. The van der Waals surface area contributed by atoms with Crippen molar-refractivity contribution in [3.8, 4) is 5.75 Å². The Labute approximate surface area is 165 Å². The number of carbonyl (C=O) groups excluding carboxylic acids is 2. The van der Waals surface area contributed by atoms with Crippen LogP contribution < -0.4 is 10.1 Å². The van der Waals surface area contributed by atoms with Crippen LogP contribution in [0.1, 0.15) is 36.1 Å². The van der Waals surface area contributed by atoms with Crippen molar-refractivity contribution in [2.45, 2.75) is 32.9 Å². The summed E-state index contributed by atoms with van der Waals surface area (Å²) >= 11 is 6.06. The number of rotatable bonds is 7. The molecule has 27 heavy (non-hydrogen) atoms. The molecule has 0 aliphatic carbocycles. The maximum absolute atomic E-state index is 12.8. The van der Waals surface area contributed by atoms with E-state index in [0.29, 0.717) is 17.3 Å². The normalized spacial score (nSPS) is 11.6. The Kier molecular flexibility index (Phi) is 7.25. The molecule has 0 saturated heterocycles. The van der Waals surface area contributed by atoms with Crippen LogP contribution >= 0.6 is 11.6 Å². The summed E-state index contributed by atoms with van der Waals surface area (Å²) in [6.45, 7) is 3.81. The third-order valence-electron chi connectivity index (χ3n) is 4.31. The number of methoxy groups -OCH3 is 1. The lowest BCUT2D eigenvalue weighted by molar-refractivity contribution is -0.131. The highest BCUT2D eigenvalue weighted by molar-refractivity contribution is 6.30. The van der Waals surface area contributed by atoms with Crippen molar-refractivity contribution in [2.24, 2.45) is 0 Å². The van der Waals surface area contributed by atoms with Gasteiger partial charge in [-0.1, -0.05) is 41.4 Å². The second kappa shape index (κ2) is 9.42. The van der Waals surface area contributed by atoms with E-state index in [0.717, 1.165) is 16.7 Å². The molecule has 2 amide bonds. The van der Waals surface area contributed by atoms with Crippen LogP contribution in [0, 0.1) is 6.92 Å². The van der Waals surface area contributed by atoms with E-state index in [1.54, 1.807) is 37.3 Å². The topological polar surface area (TPSA) is 58.6 Å². The summed E-state index contributed by atoms with van der Waals surface area (Å²) in [5, 5.41) is 3.45. The minimum absolute atomic E-state index is 0.0867. The summed E-state index contributed by atoms with van der Waals surface area (Å²) < 4.78 is 5.34. The highest BCUT2D eigenvalue weighted by atomic mass is 35.5. The number of hydrogen-bond donors (Lipinski definition) is 1. The van der Waals surface area contributed by atoms with Gasteiger partial charge in [0.05, 0.1) is 19.6 Å². The Balaban J connectivity index is 2.13. The van der Waals surface area contributed by atoms with E-state index in [9.17, 15) is 9.59 Å². The number of benzene rings is 2. The second-order valence-corrected chi connectivity index (χ2v) is 7.01. The van der Waals surface area contributed by atoms with Gasteiger partial charge < -0.3 is 15.0 Å². The smallest absolute Gasteiger partial charge is 0.225 e. The zero-order chi connectivity index (χ0) is 20.0. The number of nitrogens with zero attached hydrogens (tertiary/aromatic N) is 1. The van der Waals surface area contributed by atoms with Gasteiger partial charge in [-0.2, -0.15) is 0 Å². The molecule has 0 saturated carbocycles. The minimum atomic E-state index is -0.376. The lowest BCUT2D eigenvalue weighted by atomic mass is 10.0. The molecule has 1 N–H and O–H groups in total. The van der Waals surface area contributed by atoms with Crippen molar-refractivity contribution in [2.75, 3.05) is 14.2 Å². The van der Waals surface area contributed by atoms with Gasteiger partial charge in [-0.3, -0.25) is 9.59 Å². The molecule has 0 spiro atoms. The van der Waals surface area contributed by atoms with Crippen molar-refractivity contribution < 1.29 is 14.3 Å². The molecule has 6 heteroatoms. The molecule has 0 bridgehead atoms. The molecule has 0 aliphatic rings. The van der Waals surface area contributed by atoms with Crippen LogP contribution in [-0.2, 0) is 16.1 Å². The van der Waals surface area contributed by atoms with Crippen LogP contribution in [0.25, 0.3) is 0 Å². The van der Waals surface area contributed by atoms with Crippen LogP contribution in [0.5, 0.6) is 5.75 Å². The van der Waals surface area contributed by atoms with Crippen molar-refractivity contribution in [3.05, 3.63) is 64.2 Å². The fourth-order valence-electron chi connectivity index (χ4n) is 2.84. The molecule has 5 nitrogen and oxygen atoms in total. The monoisotopic (exact) mass is 388 g/mol. The first-order chi connectivity index (χ1) is 12.8. The van der Waals surface area contributed by atoms with Gasteiger partial charge in [0, 0.05) is 31.1 Å². The number of halogens is 1. The van der Waals surface area contributed by atoms with Gasteiger partial charge in [0.25, 0.3) is 0 Å². The number of nitrogens with one attached hydrogen (secondary N) is 1. The van der Waals surface area contributed by atoms with Gasteiger partial charge in [0.1, 0.15) is 5.75 Å². The van der Waals surface area contributed by atoms with E-state index in [1.165, 1.54) is 6.92 Å². The van der Waals surface area contributed by atoms with E-state index >= 15 is 0 Å². The molecule has 2 rings (SSSR count). The molecular formula is C21H25ClN2O3. The molecule has 1 atom stereocenters. The van der Waals surface area contributed by atoms with E-state index in [2.05, 4.69) is 5.32 Å². The first-order valence-corrected chi connectivity index (χ1v) is 9.08. The average Bonchev–Trinajstić information content (AvgIpc) is 2.61. The van der Waals surface area contributed by atoms with Gasteiger partial charge in [-0.25, -0.2) is 0 Å². The number of hydrogen-bond acceptors (Lipinski definition) is 3. The van der Waals surface area contributed by atoms with Crippen LogP contribution in [0.2, 0.25) is 5.02 Å². The fraction of sp³-hybridized carbons (Fsp3) is 0.333. The maximum Gasteiger partial charge on any atom is 0.225 e. The van der Waals surface area contributed by atoms with E-state index in [1.807, 2.05) is 31.2 Å². The van der Waals surface area contributed by atoms with Crippen molar-refractivity contribution >= 4 is 23.4 Å². The lowest BCUT2D eigenvalue weighted by Crippen LogP contribution is -2.33. The molecule has 0 heterocycles. The Bertz CT molecular complexity index is 806. The standard InChI is InChI=1S/C21H25ClN2O3/c1-14-5-7-16(8-6-14)19(23-15(2)25)12-21(26)24(3)13-17-11-18(22)9-10-20(17)27-4/h5-11,19H,12-13H2,1-4H3,(H,23,25). The highest BCUT2D eigenvalue weighted by Gasteiger charge is 2.20. The molecule has 0 radical (unpaired) electrons. The third-order valence-corrected chi connectivity index (χ3v) is 4.55. The first kappa shape index (κ1) is 20.8. The zero-order valence-corrected chi connectivity index (χ0v) is 16.8.